The Morgan fingerprint density at radius 3 is 2.46 bits per heavy atom. The van der Waals surface area contributed by atoms with Gasteiger partial charge in [-0.3, -0.25) is 0 Å². The average Bonchev–Trinajstić information content (AvgIpc) is 3.12. The van der Waals surface area contributed by atoms with Crippen LogP contribution in [0.2, 0.25) is 0 Å². The highest BCUT2D eigenvalue weighted by Gasteiger charge is 2.50. The van der Waals surface area contributed by atoms with Crippen LogP contribution < -0.4 is 0 Å². The van der Waals surface area contributed by atoms with E-state index in [-0.39, 0.29) is 0 Å². The number of rotatable bonds is 11. The Morgan fingerprint density at radius 1 is 1.09 bits per heavy atom. The van der Waals surface area contributed by atoms with Gasteiger partial charge in [-0.2, -0.15) is 0 Å². The standard InChI is InChI=1S/C32H56O3/c1-6-7-8-9-13-24(26-20-27(33)22-28(34)21-26)19-25-14-11-18-32(5)29(15-16-30(25)32)23(2)12-10-17-31(3,4)35/h19,23,27-30,33-35H,6-18,20-22H2,1-5H3/b25-19+/t23-,27-,28-,29-,30+,32-/m1/s1. The Kier molecular flexibility index (Phi) is 10.5. The number of hydrogen-bond donors (Lipinski definition) is 3. The second-order valence-corrected chi connectivity index (χ2v) is 13.4. The number of aliphatic hydroxyl groups excluding tert-OH is 2. The fourth-order valence-electron chi connectivity index (χ4n) is 7.96. The van der Waals surface area contributed by atoms with Crippen LogP contribution in [0.5, 0.6) is 0 Å². The maximum absolute atomic E-state index is 10.4. The molecule has 202 valence electrons. The second kappa shape index (κ2) is 12.7. The summed E-state index contributed by atoms with van der Waals surface area (Å²) in [6.45, 7) is 11.2. The molecule has 3 rings (SSSR count). The number of aliphatic hydroxyl groups is 3. The SMILES string of the molecule is CCCCCCC(/C=C1\CCC[C@]2(C)[C@@H]([C@H](C)CCCC(C)(C)O)CC[C@@H]12)=C1C[C@@H](O)C[C@H](O)C1. The van der Waals surface area contributed by atoms with Gasteiger partial charge in [-0.15, -0.1) is 0 Å². The average molecular weight is 489 g/mol. The minimum Gasteiger partial charge on any atom is -0.393 e. The third kappa shape index (κ3) is 7.92. The van der Waals surface area contributed by atoms with Crippen molar-refractivity contribution in [3.63, 3.8) is 0 Å². The molecule has 0 aromatic rings. The van der Waals surface area contributed by atoms with Gasteiger partial charge in [0.15, 0.2) is 0 Å². The monoisotopic (exact) mass is 488 g/mol. The first-order valence-corrected chi connectivity index (χ1v) is 15.0. The van der Waals surface area contributed by atoms with Crippen molar-refractivity contribution in [1.82, 2.24) is 0 Å². The van der Waals surface area contributed by atoms with E-state index in [4.69, 9.17) is 0 Å². The molecule has 0 aromatic heterocycles. The van der Waals surface area contributed by atoms with Gasteiger partial charge in [-0.25, -0.2) is 0 Å². The molecule has 3 aliphatic carbocycles. The summed E-state index contributed by atoms with van der Waals surface area (Å²) in [7, 11) is 0. The minimum absolute atomic E-state index is 0.391. The van der Waals surface area contributed by atoms with Crippen molar-refractivity contribution in [2.45, 2.75) is 155 Å². The molecule has 0 amide bonds. The van der Waals surface area contributed by atoms with Gasteiger partial charge in [0.2, 0.25) is 0 Å². The van der Waals surface area contributed by atoms with Crippen molar-refractivity contribution in [1.29, 1.82) is 0 Å². The highest BCUT2D eigenvalue weighted by molar-refractivity contribution is 5.34. The van der Waals surface area contributed by atoms with Crippen molar-refractivity contribution in [3.05, 3.63) is 22.8 Å². The van der Waals surface area contributed by atoms with Crippen molar-refractivity contribution in [3.8, 4) is 0 Å². The predicted octanol–water partition coefficient (Wildman–Crippen LogP) is 7.88. The van der Waals surface area contributed by atoms with E-state index >= 15 is 0 Å². The zero-order valence-electron chi connectivity index (χ0n) is 23.6. The molecule has 35 heavy (non-hydrogen) atoms. The molecule has 3 saturated carbocycles. The van der Waals surface area contributed by atoms with E-state index in [1.54, 1.807) is 5.57 Å². The Bertz CT molecular complexity index is 718. The molecular formula is C32H56O3. The van der Waals surface area contributed by atoms with E-state index in [0.29, 0.717) is 23.7 Å². The van der Waals surface area contributed by atoms with Crippen LogP contribution in [0.25, 0.3) is 0 Å². The molecular weight excluding hydrogens is 432 g/mol. The van der Waals surface area contributed by atoms with E-state index in [9.17, 15) is 15.3 Å². The van der Waals surface area contributed by atoms with Gasteiger partial charge in [-0.05, 0) is 113 Å². The topological polar surface area (TPSA) is 60.7 Å². The van der Waals surface area contributed by atoms with Gasteiger partial charge in [0.1, 0.15) is 0 Å². The van der Waals surface area contributed by atoms with Gasteiger partial charge in [-0.1, -0.05) is 70.1 Å². The minimum atomic E-state index is -0.552. The predicted molar refractivity (Wildman–Crippen MR) is 147 cm³/mol. The van der Waals surface area contributed by atoms with Gasteiger partial charge >= 0.3 is 0 Å². The van der Waals surface area contributed by atoms with E-state index in [1.165, 1.54) is 75.4 Å². The molecule has 0 spiro atoms. The third-order valence-corrected chi connectivity index (χ3v) is 9.79. The molecule has 3 fully saturated rings. The lowest BCUT2D eigenvalue weighted by atomic mass is 9.60. The maximum atomic E-state index is 10.4. The van der Waals surface area contributed by atoms with Gasteiger partial charge in [0.05, 0.1) is 17.8 Å². The van der Waals surface area contributed by atoms with Crippen LogP contribution in [0.4, 0.5) is 0 Å². The first-order chi connectivity index (χ1) is 16.5. The highest BCUT2D eigenvalue weighted by atomic mass is 16.3. The number of fused-ring (bicyclic) bond motifs is 1. The Morgan fingerprint density at radius 2 is 1.80 bits per heavy atom. The number of allylic oxidation sites excluding steroid dienone is 3. The van der Waals surface area contributed by atoms with Crippen LogP contribution >= 0.6 is 0 Å². The number of unbranched alkanes of at least 4 members (excludes halogenated alkanes) is 3. The fourth-order valence-corrected chi connectivity index (χ4v) is 7.96. The Balaban J connectivity index is 1.78. The highest BCUT2D eigenvalue weighted by Crippen LogP contribution is 2.60. The summed E-state index contributed by atoms with van der Waals surface area (Å²) in [5.41, 5.74) is 4.27. The maximum Gasteiger partial charge on any atom is 0.0602 e. The van der Waals surface area contributed by atoms with Crippen molar-refractivity contribution < 1.29 is 15.3 Å². The smallest absolute Gasteiger partial charge is 0.0602 e. The summed E-state index contributed by atoms with van der Waals surface area (Å²) in [4.78, 5) is 0. The molecule has 0 unspecified atom stereocenters. The molecule has 3 aliphatic rings. The molecule has 0 aromatic carbocycles. The molecule has 0 bridgehead atoms. The molecule has 3 heteroatoms. The molecule has 3 N–H and O–H groups in total. The molecule has 3 nitrogen and oxygen atoms in total. The zero-order chi connectivity index (χ0) is 25.6. The van der Waals surface area contributed by atoms with E-state index in [0.717, 1.165) is 38.0 Å². The van der Waals surface area contributed by atoms with E-state index in [1.807, 2.05) is 13.8 Å². The first-order valence-electron chi connectivity index (χ1n) is 15.0. The normalized spacial score (nSPS) is 33.7. The summed E-state index contributed by atoms with van der Waals surface area (Å²) < 4.78 is 0. The summed E-state index contributed by atoms with van der Waals surface area (Å²) in [5, 5.41) is 30.9. The molecule has 0 heterocycles. The van der Waals surface area contributed by atoms with Crippen molar-refractivity contribution in [2.75, 3.05) is 0 Å². The molecule has 0 radical (unpaired) electrons. The third-order valence-electron chi connectivity index (χ3n) is 9.79. The van der Waals surface area contributed by atoms with Gasteiger partial charge < -0.3 is 15.3 Å². The first kappa shape index (κ1) is 28.9. The zero-order valence-corrected chi connectivity index (χ0v) is 23.6. The molecule has 6 atom stereocenters. The van der Waals surface area contributed by atoms with Crippen molar-refractivity contribution >= 4 is 0 Å². The lowest BCUT2D eigenvalue weighted by Gasteiger charge is -2.44. The summed E-state index contributed by atoms with van der Waals surface area (Å²) in [6, 6.07) is 0. The summed E-state index contributed by atoms with van der Waals surface area (Å²) >= 11 is 0. The largest absolute Gasteiger partial charge is 0.393 e. The van der Waals surface area contributed by atoms with E-state index < -0.39 is 17.8 Å². The summed E-state index contributed by atoms with van der Waals surface area (Å²) in [5.74, 6) is 2.17. The fraction of sp³-hybridized carbons (Fsp3) is 0.875. The van der Waals surface area contributed by atoms with Crippen molar-refractivity contribution in [2.24, 2.45) is 23.2 Å². The molecule has 0 saturated heterocycles. The Labute approximate surface area is 216 Å². The van der Waals surface area contributed by atoms with Crippen LogP contribution in [0.1, 0.15) is 137 Å². The Hall–Kier alpha value is -0.640. The van der Waals surface area contributed by atoms with Gasteiger partial charge in [0, 0.05) is 0 Å². The van der Waals surface area contributed by atoms with Crippen LogP contribution in [0.15, 0.2) is 22.8 Å². The quantitative estimate of drug-likeness (QED) is 0.259. The molecule has 0 aliphatic heterocycles. The lowest BCUT2D eigenvalue weighted by molar-refractivity contribution is 0.0589. The summed E-state index contributed by atoms with van der Waals surface area (Å²) in [6.07, 6.45) is 19.6. The van der Waals surface area contributed by atoms with Crippen LogP contribution in [0.3, 0.4) is 0 Å². The second-order valence-electron chi connectivity index (χ2n) is 13.4. The van der Waals surface area contributed by atoms with Crippen LogP contribution in [-0.2, 0) is 0 Å². The number of hydrogen-bond acceptors (Lipinski definition) is 3. The lowest BCUT2D eigenvalue weighted by Crippen LogP contribution is -2.36. The van der Waals surface area contributed by atoms with Gasteiger partial charge in [0.25, 0.3) is 0 Å². The van der Waals surface area contributed by atoms with Crippen LogP contribution in [-0.4, -0.2) is 33.1 Å². The van der Waals surface area contributed by atoms with E-state index in [2.05, 4.69) is 26.8 Å². The van der Waals surface area contributed by atoms with Crippen LogP contribution in [0, 0.1) is 23.2 Å².